The van der Waals surface area contributed by atoms with Crippen LogP contribution >= 0.6 is 0 Å². The first-order valence-electron chi connectivity index (χ1n) is 4.96. The van der Waals surface area contributed by atoms with E-state index in [0.717, 1.165) is 0 Å². The normalized spacial score (nSPS) is 41.9. The minimum atomic E-state index is -0.847. The number of ether oxygens (including phenoxy) is 1. The average Bonchev–Trinajstić information content (AvgIpc) is 2.51. The molecule has 1 aliphatic heterocycles. The lowest BCUT2D eigenvalue weighted by Crippen LogP contribution is -2.59. The highest BCUT2D eigenvalue weighted by atomic mass is 16.5. The molecule has 2 fully saturated rings. The van der Waals surface area contributed by atoms with E-state index in [9.17, 15) is 4.79 Å². The van der Waals surface area contributed by atoms with E-state index in [1.807, 2.05) is 0 Å². The van der Waals surface area contributed by atoms with Crippen molar-refractivity contribution in [2.75, 3.05) is 13.2 Å². The summed E-state index contributed by atoms with van der Waals surface area (Å²) in [7, 11) is 0. The highest BCUT2D eigenvalue weighted by Gasteiger charge is 2.40. The van der Waals surface area contributed by atoms with Gasteiger partial charge >= 0.3 is 0 Å². The smallest absolute Gasteiger partial charge is 0.242 e. The van der Waals surface area contributed by atoms with Crippen LogP contribution in [0.25, 0.3) is 0 Å². The van der Waals surface area contributed by atoms with Crippen LogP contribution in [0.4, 0.5) is 0 Å². The van der Waals surface area contributed by atoms with Crippen molar-refractivity contribution in [1.29, 1.82) is 0 Å². The van der Waals surface area contributed by atoms with Crippen molar-refractivity contribution in [2.45, 2.75) is 36.9 Å². The van der Waals surface area contributed by atoms with E-state index in [2.05, 4.69) is 5.32 Å². The lowest BCUT2D eigenvalue weighted by atomic mass is 9.88. The molecule has 1 saturated carbocycles. The Kier molecular flexibility index (Phi) is 2.47. The molecular formula is C9H16N2O3. The van der Waals surface area contributed by atoms with Crippen LogP contribution in [0.3, 0.4) is 0 Å². The van der Waals surface area contributed by atoms with Gasteiger partial charge in [-0.25, -0.2) is 0 Å². The summed E-state index contributed by atoms with van der Waals surface area (Å²) in [6, 6.07) is 0.0959. The van der Waals surface area contributed by atoms with Crippen molar-refractivity contribution in [3.05, 3.63) is 0 Å². The number of hydrogen-bond acceptors (Lipinski definition) is 4. The largest absolute Gasteiger partial charge is 0.393 e. The van der Waals surface area contributed by atoms with Crippen LogP contribution in [0, 0.1) is 0 Å². The van der Waals surface area contributed by atoms with E-state index in [-0.39, 0.29) is 18.1 Å². The molecule has 0 aromatic heterocycles. The number of aliphatic hydroxyl groups excluding tert-OH is 1. The number of amides is 1. The minimum absolute atomic E-state index is 0.0959. The van der Waals surface area contributed by atoms with Gasteiger partial charge in [0.15, 0.2) is 0 Å². The van der Waals surface area contributed by atoms with Crippen LogP contribution in [0.15, 0.2) is 0 Å². The summed E-state index contributed by atoms with van der Waals surface area (Å²) in [5, 5.41) is 11.9. The predicted octanol–water partition coefficient (Wildman–Crippen LogP) is -1.26. The Balaban J connectivity index is 1.83. The number of aliphatic hydroxyl groups is 1. The lowest BCUT2D eigenvalue weighted by Gasteiger charge is -2.34. The van der Waals surface area contributed by atoms with Crippen molar-refractivity contribution in [2.24, 2.45) is 5.73 Å². The van der Waals surface area contributed by atoms with E-state index in [1.165, 1.54) is 0 Å². The van der Waals surface area contributed by atoms with Gasteiger partial charge in [0.25, 0.3) is 0 Å². The SMILES string of the molecule is NC1(C(=O)NC2CC(O)C2)CCOC1. The standard InChI is InChI=1S/C9H16N2O3/c10-9(1-2-14-5-9)8(13)11-6-3-7(12)4-6/h6-7,12H,1-5,10H2,(H,11,13). The maximum Gasteiger partial charge on any atom is 0.242 e. The fraction of sp³-hybridized carbons (Fsp3) is 0.889. The fourth-order valence-electron chi connectivity index (χ4n) is 1.79. The number of carbonyl (C=O) groups is 1. The molecule has 2 rings (SSSR count). The molecule has 5 nitrogen and oxygen atoms in total. The van der Waals surface area contributed by atoms with Gasteiger partial charge in [-0.05, 0) is 19.3 Å². The number of rotatable bonds is 2. The first kappa shape index (κ1) is 9.89. The molecule has 14 heavy (non-hydrogen) atoms. The van der Waals surface area contributed by atoms with Crippen molar-refractivity contribution in [3.63, 3.8) is 0 Å². The monoisotopic (exact) mass is 200 g/mol. The fourth-order valence-corrected chi connectivity index (χ4v) is 1.79. The zero-order chi connectivity index (χ0) is 10.2. The maximum absolute atomic E-state index is 11.7. The summed E-state index contributed by atoms with van der Waals surface area (Å²) in [5.74, 6) is -0.146. The van der Waals surface area contributed by atoms with Gasteiger partial charge < -0.3 is 20.9 Å². The Labute approximate surface area is 82.6 Å². The first-order valence-corrected chi connectivity index (χ1v) is 4.96. The maximum atomic E-state index is 11.7. The molecule has 4 N–H and O–H groups in total. The van der Waals surface area contributed by atoms with Crippen LogP contribution in [0.1, 0.15) is 19.3 Å². The molecule has 0 aromatic rings. The Morgan fingerprint density at radius 2 is 2.29 bits per heavy atom. The van der Waals surface area contributed by atoms with Crippen molar-refractivity contribution < 1.29 is 14.6 Å². The molecule has 1 atom stereocenters. The summed E-state index contributed by atoms with van der Waals surface area (Å²) in [6.45, 7) is 0.852. The molecule has 1 unspecified atom stereocenters. The van der Waals surface area contributed by atoms with Crippen LogP contribution < -0.4 is 11.1 Å². The summed E-state index contributed by atoms with van der Waals surface area (Å²) in [5.41, 5.74) is 5.02. The third-order valence-electron chi connectivity index (χ3n) is 2.95. The third kappa shape index (κ3) is 1.75. The van der Waals surface area contributed by atoms with E-state index in [4.69, 9.17) is 15.6 Å². The average molecular weight is 200 g/mol. The zero-order valence-corrected chi connectivity index (χ0v) is 8.03. The number of hydrogen-bond donors (Lipinski definition) is 3. The molecule has 1 amide bonds. The van der Waals surface area contributed by atoms with Crippen molar-refractivity contribution in [3.8, 4) is 0 Å². The quantitative estimate of drug-likeness (QED) is 0.519. The highest BCUT2D eigenvalue weighted by molar-refractivity contribution is 5.86. The van der Waals surface area contributed by atoms with E-state index in [0.29, 0.717) is 32.5 Å². The summed E-state index contributed by atoms with van der Waals surface area (Å²) in [4.78, 5) is 11.7. The number of nitrogens with one attached hydrogen (secondary N) is 1. The van der Waals surface area contributed by atoms with Gasteiger partial charge in [0.2, 0.25) is 5.91 Å². The molecule has 1 heterocycles. The number of nitrogens with two attached hydrogens (primary N) is 1. The van der Waals surface area contributed by atoms with Gasteiger partial charge in [0.05, 0.1) is 12.7 Å². The van der Waals surface area contributed by atoms with E-state index < -0.39 is 5.54 Å². The summed E-state index contributed by atoms with van der Waals surface area (Å²) >= 11 is 0. The molecule has 5 heteroatoms. The number of carbonyl (C=O) groups excluding carboxylic acids is 1. The van der Waals surface area contributed by atoms with Crippen molar-refractivity contribution >= 4 is 5.91 Å². The van der Waals surface area contributed by atoms with Gasteiger partial charge in [-0.1, -0.05) is 0 Å². The molecule has 1 aliphatic carbocycles. The van der Waals surface area contributed by atoms with Crippen LogP contribution in [-0.2, 0) is 9.53 Å². The Morgan fingerprint density at radius 1 is 1.57 bits per heavy atom. The molecule has 0 spiro atoms. The molecule has 0 bridgehead atoms. The molecule has 2 aliphatic rings. The molecule has 80 valence electrons. The highest BCUT2D eigenvalue weighted by Crippen LogP contribution is 2.22. The first-order chi connectivity index (χ1) is 6.60. The van der Waals surface area contributed by atoms with Gasteiger partial charge in [0.1, 0.15) is 5.54 Å². The predicted molar refractivity (Wildman–Crippen MR) is 49.5 cm³/mol. The van der Waals surface area contributed by atoms with Gasteiger partial charge in [-0.15, -0.1) is 0 Å². The summed E-state index contributed by atoms with van der Waals surface area (Å²) in [6.07, 6.45) is 1.60. The van der Waals surface area contributed by atoms with E-state index in [1.54, 1.807) is 0 Å². The Morgan fingerprint density at radius 3 is 2.79 bits per heavy atom. The second-order valence-corrected chi connectivity index (χ2v) is 4.25. The molecule has 0 aromatic carbocycles. The van der Waals surface area contributed by atoms with Crippen LogP contribution in [0.5, 0.6) is 0 Å². The Bertz CT molecular complexity index is 232. The second kappa shape index (κ2) is 3.49. The minimum Gasteiger partial charge on any atom is -0.393 e. The van der Waals surface area contributed by atoms with Gasteiger partial charge in [0, 0.05) is 12.6 Å². The summed E-state index contributed by atoms with van der Waals surface area (Å²) < 4.78 is 5.10. The van der Waals surface area contributed by atoms with Crippen molar-refractivity contribution in [1.82, 2.24) is 5.32 Å². The molecular weight excluding hydrogens is 184 g/mol. The molecule has 1 saturated heterocycles. The third-order valence-corrected chi connectivity index (χ3v) is 2.95. The zero-order valence-electron chi connectivity index (χ0n) is 8.03. The second-order valence-electron chi connectivity index (χ2n) is 4.25. The molecule has 0 radical (unpaired) electrons. The Hall–Kier alpha value is -0.650. The van der Waals surface area contributed by atoms with Gasteiger partial charge in [-0.3, -0.25) is 4.79 Å². The topological polar surface area (TPSA) is 84.6 Å². The lowest BCUT2D eigenvalue weighted by molar-refractivity contribution is -0.128. The van der Waals surface area contributed by atoms with Crippen LogP contribution in [0.2, 0.25) is 0 Å². The van der Waals surface area contributed by atoms with Gasteiger partial charge in [-0.2, -0.15) is 0 Å². The van der Waals surface area contributed by atoms with Crippen LogP contribution in [-0.4, -0.2) is 41.9 Å². The van der Waals surface area contributed by atoms with E-state index >= 15 is 0 Å².